The fraction of sp³-hybridized carbons (Fsp3) is 0.357. The Morgan fingerprint density at radius 1 is 1.39 bits per heavy atom. The Morgan fingerprint density at radius 3 is 2.83 bits per heavy atom. The number of fused-ring (bicyclic) bond motifs is 1. The number of carbonyl (C=O) groups is 1. The van der Waals surface area contributed by atoms with Gasteiger partial charge in [-0.15, -0.1) is 0 Å². The number of imidazole rings is 1. The van der Waals surface area contributed by atoms with Crippen molar-refractivity contribution in [2.75, 3.05) is 5.32 Å². The standard InChI is InChI=1S/C14H17N7O2/c1-4-5-9-8(2)16-14-18-13(19-21(14)12(9)23)17-11(22)10-6-20(3)7-15-10/h6-7H,4-5H2,1-3H3,(H2,16,17,18,19,22). The third-order valence-electron chi connectivity index (χ3n) is 3.46. The summed E-state index contributed by atoms with van der Waals surface area (Å²) in [6, 6.07) is 0. The van der Waals surface area contributed by atoms with Crippen LogP contribution >= 0.6 is 0 Å². The third kappa shape index (κ3) is 2.72. The molecule has 3 aromatic rings. The maximum Gasteiger partial charge on any atom is 0.278 e. The van der Waals surface area contributed by atoms with Crippen molar-refractivity contribution in [2.45, 2.75) is 26.7 Å². The Balaban J connectivity index is 1.95. The molecule has 0 bridgehead atoms. The second kappa shape index (κ2) is 5.67. The maximum absolute atomic E-state index is 12.4. The quantitative estimate of drug-likeness (QED) is 0.735. The van der Waals surface area contributed by atoms with Crippen LogP contribution in [-0.2, 0) is 13.5 Å². The highest BCUT2D eigenvalue weighted by atomic mass is 16.2. The Kier molecular flexibility index (Phi) is 3.68. The van der Waals surface area contributed by atoms with Crippen LogP contribution in [0.2, 0.25) is 0 Å². The summed E-state index contributed by atoms with van der Waals surface area (Å²) in [7, 11) is 1.77. The van der Waals surface area contributed by atoms with Crippen LogP contribution in [0.1, 0.15) is 35.1 Å². The molecule has 0 spiro atoms. The van der Waals surface area contributed by atoms with E-state index in [-0.39, 0.29) is 23.0 Å². The van der Waals surface area contributed by atoms with E-state index in [1.807, 2.05) is 6.92 Å². The van der Waals surface area contributed by atoms with Gasteiger partial charge >= 0.3 is 0 Å². The first-order chi connectivity index (χ1) is 11.0. The fourth-order valence-electron chi connectivity index (χ4n) is 2.35. The second-order valence-corrected chi connectivity index (χ2v) is 5.32. The molecule has 0 aliphatic carbocycles. The minimum atomic E-state index is -0.414. The predicted octanol–water partition coefficient (Wildman–Crippen LogP) is 0.664. The van der Waals surface area contributed by atoms with E-state index in [0.717, 1.165) is 6.42 Å². The van der Waals surface area contributed by atoms with Crippen molar-refractivity contribution in [2.24, 2.45) is 7.05 Å². The number of amides is 1. The van der Waals surface area contributed by atoms with E-state index in [1.54, 1.807) is 24.7 Å². The van der Waals surface area contributed by atoms with Gasteiger partial charge in [0.25, 0.3) is 17.2 Å². The molecule has 0 radical (unpaired) electrons. The van der Waals surface area contributed by atoms with Crippen LogP contribution in [0.25, 0.3) is 5.78 Å². The van der Waals surface area contributed by atoms with Crippen molar-refractivity contribution in [1.29, 1.82) is 0 Å². The molecule has 9 heteroatoms. The zero-order chi connectivity index (χ0) is 16.6. The number of aromatic amines is 1. The average Bonchev–Trinajstić information content (AvgIpc) is 3.10. The van der Waals surface area contributed by atoms with Crippen molar-refractivity contribution in [3.8, 4) is 0 Å². The van der Waals surface area contributed by atoms with Crippen LogP contribution < -0.4 is 10.9 Å². The molecule has 3 heterocycles. The summed E-state index contributed by atoms with van der Waals surface area (Å²) in [6.45, 7) is 3.78. The first-order valence-electron chi connectivity index (χ1n) is 7.27. The molecule has 0 aromatic carbocycles. The average molecular weight is 315 g/mol. The smallest absolute Gasteiger partial charge is 0.278 e. The zero-order valence-electron chi connectivity index (χ0n) is 13.1. The molecule has 0 unspecified atom stereocenters. The number of hydrogen-bond donors (Lipinski definition) is 2. The molecule has 3 rings (SSSR count). The normalized spacial score (nSPS) is 11.1. The Morgan fingerprint density at radius 2 is 2.17 bits per heavy atom. The van der Waals surface area contributed by atoms with Gasteiger partial charge in [0.05, 0.1) is 12.0 Å². The highest BCUT2D eigenvalue weighted by Crippen LogP contribution is 2.08. The van der Waals surface area contributed by atoms with Crippen molar-refractivity contribution >= 4 is 17.6 Å². The molecular formula is C14H17N7O2. The van der Waals surface area contributed by atoms with Crippen LogP contribution in [0.3, 0.4) is 0 Å². The van der Waals surface area contributed by atoms with Gasteiger partial charge in [-0.1, -0.05) is 13.3 Å². The maximum atomic E-state index is 12.4. The highest BCUT2D eigenvalue weighted by Gasteiger charge is 2.15. The monoisotopic (exact) mass is 315 g/mol. The predicted molar refractivity (Wildman–Crippen MR) is 83.5 cm³/mol. The van der Waals surface area contributed by atoms with Gasteiger partial charge in [-0.2, -0.15) is 9.50 Å². The Hall–Kier alpha value is -2.97. The molecule has 3 aromatic heterocycles. The molecular weight excluding hydrogens is 298 g/mol. The zero-order valence-corrected chi connectivity index (χ0v) is 13.1. The van der Waals surface area contributed by atoms with E-state index < -0.39 is 5.91 Å². The number of anilines is 1. The molecule has 120 valence electrons. The molecule has 0 saturated heterocycles. The first-order valence-corrected chi connectivity index (χ1v) is 7.27. The van der Waals surface area contributed by atoms with Crippen LogP contribution in [0.4, 0.5) is 5.95 Å². The molecule has 0 atom stereocenters. The molecule has 2 N–H and O–H groups in total. The number of nitrogens with zero attached hydrogens (tertiary/aromatic N) is 5. The minimum absolute atomic E-state index is 0.151. The van der Waals surface area contributed by atoms with Crippen LogP contribution in [0.5, 0.6) is 0 Å². The lowest BCUT2D eigenvalue weighted by Crippen LogP contribution is -2.22. The van der Waals surface area contributed by atoms with E-state index in [1.165, 1.54) is 10.8 Å². The highest BCUT2D eigenvalue weighted by molar-refractivity contribution is 6.01. The van der Waals surface area contributed by atoms with Crippen molar-refractivity contribution in [3.63, 3.8) is 0 Å². The number of rotatable bonds is 4. The van der Waals surface area contributed by atoms with Crippen LogP contribution in [-0.4, -0.2) is 35.0 Å². The number of aromatic nitrogens is 6. The number of nitrogens with one attached hydrogen (secondary N) is 2. The third-order valence-corrected chi connectivity index (χ3v) is 3.46. The van der Waals surface area contributed by atoms with E-state index >= 15 is 0 Å². The molecule has 9 nitrogen and oxygen atoms in total. The van der Waals surface area contributed by atoms with Crippen molar-refractivity contribution in [1.82, 2.24) is 29.1 Å². The summed E-state index contributed by atoms with van der Waals surface area (Å²) in [5.41, 5.74) is 1.37. The summed E-state index contributed by atoms with van der Waals surface area (Å²) in [5.74, 6) is -0.0369. The lowest BCUT2D eigenvalue weighted by atomic mass is 10.1. The van der Waals surface area contributed by atoms with Crippen molar-refractivity contribution < 1.29 is 4.79 Å². The van der Waals surface area contributed by atoms with Crippen molar-refractivity contribution in [3.05, 3.63) is 39.8 Å². The number of H-pyrrole nitrogens is 1. The van der Waals surface area contributed by atoms with Gasteiger partial charge < -0.3 is 4.57 Å². The lowest BCUT2D eigenvalue weighted by Gasteiger charge is -2.02. The number of aryl methyl sites for hydroxylation is 2. The molecule has 0 saturated carbocycles. The van der Waals surface area contributed by atoms with Gasteiger partial charge in [0, 0.05) is 18.8 Å². The molecule has 1 amide bonds. The van der Waals surface area contributed by atoms with Gasteiger partial charge in [-0.25, -0.2) is 9.97 Å². The van der Waals surface area contributed by atoms with E-state index in [0.29, 0.717) is 17.7 Å². The van der Waals surface area contributed by atoms with Gasteiger partial charge in [-0.05, 0) is 13.3 Å². The summed E-state index contributed by atoms with van der Waals surface area (Å²) in [6.07, 6.45) is 4.61. The summed E-state index contributed by atoms with van der Waals surface area (Å²) >= 11 is 0. The number of hydrogen-bond acceptors (Lipinski definition) is 5. The van der Waals surface area contributed by atoms with E-state index in [2.05, 4.69) is 25.4 Å². The Bertz CT molecular complexity index is 934. The largest absolute Gasteiger partial charge is 0.340 e. The first kappa shape index (κ1) is 14.9. The van der Waals surface area contributed by atoms with Crippen LogP contribution in [0.15, 0.2) is 17.3 Å². The fourth-order valence-corrected chi connectivity index (χ4v) is 2.35. The molecule has 0 aliphatic rings. The van der Waals surface area contributed by atoms with Gasteiger partial charge in [0.2, 0.25) is 5.95 Å². The SMILES string of the molecule is CCCc1c(C)nc2nc(NC(=O)c3cn(C)cn3)[nH]n2c1=O. The van der Waals surface area contributed by atoms with E-state index in [4.69, 9.17) is 0 Å². The van der Waals surface area contributed by atoms with E-state index in [9.17, 15) is 9.59 Å². The summed E-state index contributed by atoms with van der Waals surface area (Å²) in [4.78, 5) is 36.9. The van der Waals surface area contributed by atoms with Gasteiger partial charge in [-0.3, -0.25) is 20.0 Å². The van der Waals surface area contributed by atoms with Gasteiger partial charge in [0.1, 0.15) is 5.69 Å². The minimum Gasteiger partial charge on any atom is -0.340 e. The second-order valence-electron chi connectivity index (χ2n) is 5.32. The lowest BCUT2D eigenvalue weighted by molar-refractivity contribution is 0.102. The molecule has 0 fully saturated rings. The summed E-state index contributed by atoms with van der Waals surface area (Å²) < 4.78 is 2.91. The Labute approximate surface area is 131 Å². The number of carbonyl (C=O) groups excluding carboxylic acids is 1. The van der Waals surface area contributed by atoms with Crippen LogP contribution in [0, 0.1) is 6.92 Å². The topological polar surface area (TPSA) is 110 Å². The molecule has 23 heavy (non-hydrogen) atoms. The van der Waals surface area contributed by atoms with Gasteiger partial charge in [0.15, 0.2) is 0 Å². The summed E-state index contributed by atoms with van der Waals surface area (Å²) in [5, 5.41) is 5.34. The molecule has 0 aliphatic heterocycles.